The van der Waals surface area contributed by atoms with Crippen molar-refractivity contribution in [3.05, 3.63) is 47.3 Å². The summed E-state index contributed by atoms with van der Waals surface area (Å²) in [7, 11) is 0. The smallest absolute Gasteiger partial charge is 0.257 e. The summed E-state index contributed by atoms with van der Waals surface area (Å²) in [5, 5.41) is 7.75. The second-order valence-electron chi connectivity index (χ2n) is 5.89. The molecule has 0 saturated carbocycles. The molecule has 5 heteroatoms. The van der Waals surface area contributed by atoms with Gasteiger partial charge in [-0.05, 0) is 32.4 Å². The molecule has 1 fully saturated rings. The van der Waals surface area contributed by atoms with Gasteiger partial charge in [0.05, 0.1) is 23.1 Å². The lowest BCUT2D eigenvalue weighted by Crippen LogP contribution is -2.52. The fraction of sp³-hybridized carbons (Fsp3) is 0.412. The van der Waals surface area contributed by atoms with Gasteiger partial charge >= 0.3 is 0 Å². The molecule has 1 saturated heterocycles. The zero-order valence-corrected chi connectivity index (χ0v) is 13.3. The Morgan fingerprint density at radius 3 is 2.82 bits per heavy atom. The van der Waals surface area contributed by atoms with Crippen LogP contribution in [0.25, 0.3) is 5.69 Å². The number of nitrogens with zero attached hydrogens (tertiary/aromatic N) is 3. The summed E-state index contributed by atoms with van der Waals surface area (Å²) >= 11 is 0. The van der Waals surface area contributed by atoms with Crippen molar-refractivity contribution in [1.82, 2.24) is 20.0 Å². The number of aryl methyl sites for hydroxylation is 1. The first-order valence-electron chi connectivity index (χ1n) is 7.72. The molecule has 0 unspecified atom stereocenters. The van der Waals surface area contributed by atoms with Crippen LogP contribution >= 0.6 is 0 Å². The summed E-state index contributed by atoms with van der Waals surface area (Å²) in [4.78, 5) is 14.7. The highest BCUT2D eigenvalue weighted by atomic mass is 16.2. The second-order valence-corrected chi connectivity index (χ2v) is 5.89. The summed E-state index contributed by atoms with van der Waals surface area (Å²) in [5.74, 6) is 0.0753. The van der Waals surface area contributed by atoms with E-state index in [1.165, 1.54) is 0 Å². The summed E-state index contributed by atoms with van der Waals surface area (Å²) in [6.45, 7) is 8.52. The van der Waals surface area contributed by atoms with Gasteiger partial charge in [-0.15, -0.1) is 0 Å². The number of benzene rings is 1. The molecule has 1 atom stereocenters. The monoisotopic (exact) mass is 298 g/mol. The molecule has 116 valence electrons. The summed E-state index contributed by atoms with van der Waals surface area (Å²) in [5.41, 5.74) is 3.75. The zero-order chi connectivity index (χ0) is 15.7. The van der Waals surface area contributed by atoms with Crippen LogP contribution in [0.15, 0.2) is 30.5 Å². The fourth-order valence-corrected chi connectivity index (χ4v) is 2.96. The molecule has 0 aliphatic carbocycles. The average Bonchev–Trinajstić information content (AvgIpc) is 2.89. The molecule has 2 aromatic rings. The topological polar surface area (TPSA) is 50.2 Å². The Morgan fingerprint density at radius 1 is 1.32 bits per heavy atom. The van der Waals surface area contributed by atoms with Crippen molar-refractivity contribution in [2.45, 2.75) is 26.8 Å². The molecule has 1 aromatic heterocycles. The molecule has 22 heavy (non-hydrogen) atoms. The lowest BCUT2D eigenvalue weighted by molar-refractivity contribution is 0.0655. The number of carbonyl (C=O) groups excluding carboxylic acids is 1. The molecule has 0 radical (unpaired) electrons. The molecule has 1 amide bonds. The van der Waals surface area contributed by atoms with Crippen molar-refractivity contribution in [3.63, 3.8) is 0 Å². The lowest BCUT2D eigenvalue weighted by Gasteiger charge is -2.33. The molecule has 0 spiro atoms. The Labute approximate surface area is 130 Å². The maximum atomic E-state index is 12.8. The molecule has 2 heterocycles. The van der Waals surface area contributed by atoms with Crippen LogP contribution in [-0.2, 0) is 0 Å². The van der Waals surface area contributed by atoms with E-state index in [2.05, 4.69) is 30.3 Å². The Balaban J connectivity index is 1.94. The molecule has 0 bridgehead atoms. The number of nitrogens with one attached hydrogen (secondary N) is 1. The third-order valence-corrected chi connectivity index (χ3v) is 4.35. The molecule has 1 N–H and O–H groups in total. The minimum Gasteiger partial charge on any atom is -0.333 e. The third kappa shape index (κ3) is 2.52. The predicted octanol–water partition coefficient (Wildman–Crippen LogP) is 1.92. The first-order chi connectivity index (χ1) is 10.6. The van der Waals surface area contributed by atoms with E-state index in [-0.39, 0.29) is 11.9 Å². The maximum absolute atomic E-state index is 12.8. The normalized spacial score (nSPS) is 18.5. The van der Waals surface area contributed by atoms with E-state index in [4.69, 9.17) is 0 Å². The van der Waals surface area contributed by atoms with E-state index < -0.39 is 0 Å². The highest BCUT2D eigenvalue weighted by Gasteiger charge is 2.26. The van der Waals surface area contributed by atoms with Crippen molar-refractivity contribution < 1.29 is 4.79 Å². The molecule has 5 nitrogen and oxygen atoms in total. The number of piperazine rings is 1. The number of aromatic nitrogens is 2. The van der Waals surface area contributed by atoms with E-state index in [1.807, 2.05) is 34.7 Å². The Bertz CT molecular complexity index is 692. The number of amides is 1. The van der Waals surface area contributed by atoms with E-state index in [0.29, 0.717) is 5.56 Å². The molecule has 3 rings (SSSR count). The summed E-state index contributed by atoms with van der Waals surface area (Å²) in [6, 6.07) is 8.28. The van der Waals surface area contributed by atoms with Crippen molar-refractivity contribution >= 4 is 5.91 Å². The second kappa shape index (κ2) is 5.93. The highest BCUT2D eigenvalue weighted by molar-refractivity contribution is 5.95. The van der Waals surface area contributed by atoms with Crippen LogP contribution in [0.3, 0.4) is 0 Å². The van der Waals surface area contributed by atoms with Gasteiger partial charge < -0.3 is 10.2 Å². The van der Waals surface area contributed by atoms with Crippen molar-refractivity contribution in [2.75, 3.05) is 19.6 Å². The van der Waals surface area contributed by atoms with Crippen molar-refractivity contribution in [1.29, 1.82) is 0 Å². The molecular formula is C17H22N4O. The van der Waals surface area contributed by atoms with Gasteiger partial charge in [0, 0.05) is 25.7 Å². The molecule has 1 aromatic carbocycles. The number of para-hydroxylation sites is 1. The van der Waals surface area contributed by atoms with E-state index >= 15 is 0 Å². The quantitative estimate of drug-likeness (QED) is 0.921. The number of hydrogen-bond acceptors (Lipinski definition) is 3. The molecule has 1 aliphatic rings. The largest absolute Gasteiger partial charge is 0.333 e. The first-order valence-corrected chi connectivity index (χ1v) is 7.72. The van der Waals surface area contributed by atoms with Gasteiger partial charge in [-0.2, -0.15) is 5.10 Å². The minimum absolute atomic E-state index is 0.0753. The van der Waals surface area contributed by atoms with Gasteiger partial charge in [0.2, 0.25) is 0 Å². The van der Waals surface area contributed by atoms with E-state index in [9.17, 15) is 4.79 Å². The molecular weight excluding hydrogens is 276 g/mol. The Morgan fingerprint density at radius 2 is 2.09 bits per heavy atom. The minimum atomic E-state index is 0.0753. The van der Waals surface area contributed by atoms with E-state index in [0.717, 1.165) is 36.6 Å². The summed E-state index contributed by atoms with van der Waals surface area (Å²) < 4.78 is 1.86. The Hall–Kier alpha value is -2.14. The van der Waals surface area contributed by atoms with E-state index in [1.54, 1.807) is 6.20 Å². The average molecular weight is 298 g/mol. The van der Waals surface area contributed by atoms with Gasteiger partial charge in [-0.1, -0.05) is 18.2 Å². The van der Waals surface area contributed by atoms with Gasteiger partial charge in [-0.25, -0.2) is 4.68 Å². The number of rotatable bonds is 2. The van der Waals surface area contributed by atoms with Crippen LogP contribution in [0.1, 0.15) is 28.5 Å². The SMILES string of the molecule is Cc1ccccc1-n1ncc(C(=O)N2CCNC[C@@H]2C)c1C. The van der Waals surface area contributed by atoms with Gasteiger partial charge in [-0.3, -0.25) is 4.79 Å². The maximum Gasteiger partial charge on any atom is 0.257 e. The van der Waals surface area contributed by atoms with Crippen LogP contribution < -0.4 is 5.32 Å². The Kier molecular flexibility index (Phi) is 3.98. The number of carbonyl (C=O) groups is 1. The standard InChI is InChI=1S/C17H22N4O/c1-12-6-4-5-7-16(12)21-14(3)15(11-19-21)17(22)20-9-8-18-10-13(20)2/h4-7,11,13,18H,8-10H2,1-3H3/t13-/m0/s1. The molecule has 1 aliphatic heterocycles. The predicted molar refractivity (Wildman–Crippen MR) is 86.4 cm³/mol. The van der Waals surface area contributed by atoms with Gasteiger partial charge in [0.15, 0.2) is 0 Å². The van der Waals surface area contributed by atoms with Crippen LogP contribution in [0.2, 0.25) is 0 Å². The van der Waals surface area contributed by atoms with Gasteiger partial charge in [0.1, 0.15) is 0 Å². The third-order valence-electron chi connectivity index (χ3n) is 4.35. The van der Waals surface area contributed by atoms with Crippen LogP contribution in [0, 0.1) is 13.8 Å². The van der Waals surface area contributed by atoms with Crippen molar-refractivity contribution in [3.8, 4) is 5.69 Å². The number of hydrogen-bond donors (Lipinski definition) is 1. The van der Waals surface area contributed by atoms with Gasteiger partial charge in [0.25, 0.3) is 5.91 Å². The lowest BCUT2D eigenvalue weighted by atomic mass is 10.1. The highest BCUT2D eigenvalue weighted by Crippen LogP contribution is 2.19. The zero-order valence-electron chi connectivity index (χ0n) is 13.3. The summed E-state index contributed by atoms with van der Waals surface area (Å²) in [6.07, 6.45) is 1.69. The van der Waals surface area contributed by atoms with Crippen LogP contribution in [0.4, 0.5) is 0 Å². The first kappa shape index (κ1) is 14.8. The van der Waals surface area contributed by atoms with Crippen molar-refractivity contribution in [2.24, 2.45) is 0 Å². The fourth-order valence-electron chi connectivity index (χ4n) is 2.96. The van der Waals surface area contributed by atoms with Crippen LogP contribution in [0.5, 0.6) is 0 Å². The van der Waals surface area contributed by atoms with Crippen LogP contribution in [-0.4, -0.2) is 46.3 Å².